The van der Waals surface area contributed by atoms with Gasteiger partial charge in [0.05, 0.1) is 18.5 Å². The van der Waals surface area contributed by atoms with Crippen LogP contribution in [0.15, 0.2) is 30.3 Å². The lowest BCUT2D eigenvalue weighted by molar-refractivity contribution is -0.283. The summed E-state index contributed by atoms with van der Waals surface area (Å²) < 4.78 is 0. The van der Waals surface area contributed by atoms with E-state index in [4.69, 9.17) is 9.90 Å². The number of carbonyl (C=O) groups excluding carboxylic acids is 1. The van der Waals surface area contributed by atoms with Gasteiger partial charge in [0.15, 0.2) is 5.66 Å². The quantitative estimate of drug-likeness (QED) is 0.667. The predicted molar refractivity (Wildman–Crippen MR) is 88.4 cm³/mol. The van der Waals surface area contributed by atoms with E-state index in [2.05, 4.69) is 24.3 Å². The number of carboxylic acids is 1. The summed E-state index contributed by atoms with van der Waals surface area (Å²) in [5.74, 6) is -0.561. The van der Waals surface area contributed by atoms with E-state index in [1.807, 2.05) is 13.0 Å². The van der Waals surface area contributed by atoms with Gasteiger partial charge >= 0.3 is 5.97 Å². The molecule has 0 amide bonds. The van der Waals surface area contributed by atoms with E-state index in [0.29, 0.717) is 0 Å². The van der Waals surface area contributed by atoms with Crippen molar-refractivity contribution in [3.63, 3.8) is 0 Å². The molecule has 1 N–H and O–H groups in total. The van der Waals surface area contributed by atoms with Crippen LogP contribution in [0.25, 0.3) is 0 Å². The molecule has 0 spiro atoms. The second-order valence-electron chi connectivity index (χ2n) is 5.73. The number of aliphatic carboxylic acids is 1. The molecule has 0 bridgehead atoms. The van der Waals surface area contributed by atoms with Crippen molar-refractivity contribution in [3.05, 3.63) is 35.9 Å². The minimum atomic E-state index is -1.38. The molecule has 1 aliphatic rings. The first-order valence-electron chi connectivity index (χ1n) is 7.77. The zero-order chi connectivity index (χ0) is 16.4. The van der Waals surface area contributed by atoms with E-state index in [-0.39, 0.29) is 5.66 Å². The van der Waals surface area contributed by atoms with E-state index >= 15 is 0 Å². The first kappa shape index (κ1) is 18.6. The predicted octanol–water partition coefficient (Wildman–Crippen LogP) is 2.62. The third-order valence-corrected chi connectivity index (χ3v) is 9.70. The Morgan fingerprint density at radius 1 is 1.27 bits per heavy atom. The van der Waals surface area contributed by atoms with E-state index in [1.54, 1.807) is 0 Å². The SMILES string of the molecule is CCC(C(=O)O)[P+]1(Cc2ccccc2)CCCCC1.O=C[O-]. The Morgan fingerprint density at radius 2 is 1.82 bits per heavy atom. The summed E-state index contributed by atoms with van der Waals surface area (Å²) >= 11 is 0. The van der Waals surface area contributed by atoms with Crippen LogP contribution in [-0.4, -0.2) is 35.5 Å². The zero-order valence-corrected chi connectivity index (χ0v) is 14.0. The van der Waals surface area contributed by atoms with Crippen LogP contribution in [0.2, 0.25) is 0 Å². The molecule has 1 atom stereocenters. The van der Waals surface area contributed by atoms with E-state index in [9.17, 15) is 9.90 Å². The Labute approximate surface area is 132 Å². The highest BCUT2D eigenvalue weighted by Gasteiger charge is 2.49. The molecule has 1 heterocycles. The first-order valence-corrected chi connectivity index (χ1v) is 10.2. The number of carboxylic acid groups (broad SMARTS) is 2. The van der Waals surface area contributed by atoms with Gasteiger partial charge in [0, 0.05) is 13.7 Å². The van der Waals surface area contributed by atoms with Crippen LogP contribution in [0.3, 0.4) is 0 Å². The molecule has 0 aromatic heterocycles. The molecule has 1 aromatic rings. The normalized spacial score (nSPS) is 17.7. The topological polar surface area (TPSA) is 77.4 Å². The molecule has 0 radical (unpaired) electrons. The van der Waals surface area contributed by atoms with Crippen molar-refractivity contribution in [3.8, 4) is 0 Å². The van der Waals surface area contributed by atoms with E-state index in [0.717, 1.165) is 12.6 Å². The fraction of sp³-hybridized carbons (Fsp3) is 0.529. The second-order valence-corrected chi connectivity index (χ2v) is 10.00. The summed E-state index contributed by atoms with van der Waals surface area (Å²) in [5, 5.41) is 17.8. The summed E-state index contributed by atoms with van der Waals surface area (Å²) in [6, 6.07) is 10.5. The van der Waals surface area contributed by atoms with Gasteiger partial charge < -0.3 is 15.0 Å². The van der Waals surface area contributed by atoms with Crippen LogP contribution in [0.5, 0.6) is 0 Å². The largest absolute Gasteiger partial charge is 0.554 e. The maximum atomic E-state index is 11.7. The number of hydrogen-bond acceptors (Lipinski definition) is 3. The molecule has 122 valence electrons. The fourth-order valence-corrected chi connectivity index (χ4v) is 8.74. The molecule has 1 fully saturated rings. The second kappa shape index (κ2) is 9.58. The van der Waals surface area contributed by atoms with Crippen LogP contribution < -0.4 is 5.11 Å². The number of hydrogen-bond donors (Lipinski definition) is 1. The third kappa shape index (κ3) is 5.10. The Kier molecular flexibility index (Phi) is 8.11. The Bertz CT molecular complexity index is 455. The van der Waals surface area contributed by atoms with Crippen LogP contribution in [-0.2, 0) is 15.8 Å². The van der Waals surface area contributed by atoms with Crippen molar-refractivity contribution in [2.45, 2.75) is 44.4 Å². The summed E-state index contributed by atoms with van der Waals surface area (Å²) in [7, 11) is -1.38. The van der Waals surface area contributed by atoms with Crippen LogP contribution >= 0.6 is 7.26 Å². The standard InChI is InChI=1S/C16H23O2P.CH2O2/c1-2-15(16(17)18)19(11-7-4-8-12-19)13-14-9-5-3-6-10-14;2-1-3/h3,5-6,9-10,15H,2,4,7-8,11-13H2,1H3;1H,(H,2,3). The molecule has 1 aliphatic heterocycles. The van der Waals surface area contributed by atoms with Crippen molar-refractivity contribution in [2.75, 3.05) is 12.3 Å². The molecule has 22 heavy (non-hydrogen) atoms. The van der Waals surface area contributed by atoms with Crippen LogP contribution in [0, 0.1) is 0 Å². The van der Waals surface area contributed by atoms with Crippen molar-refractivity contribution in [2.24, 2.45) is 0 Å². The molecule has 1 aromatic carbocycles. The lowest BCUT2D eigenvalue weighted by Crippen LogP contribution is -2.30. The monoisotopic (exact) mass is 324 g/mol. The van der Waals surface area contributed by atoms with Gasteiger partial charge in [0.2, 0.25) is 0 Å². The van der Waals surface area contributed by atoms with Crippen molar-refractivity contribution < 1.29 is 19.8 Å². The molecule has 0 aliphatic carbocycles. The molecule has 1 unspecified atom stereocenters. The fourth-order valence-electron chi connectivity index (χ4n) is 3.47. The average molecular weight is 324 g/mol. The maximum Gasteiger partial charge on any atom is 0.344 e. The summed E-state index contributed by atoms with van der Waals surface area (Å²) in [5.41, 5.74) is 1.24. The minimum Gasteiger partial charge on any atom is -0.554 e. The number of carbonyl (C=O) groups is 2. The lowest BCUT2D eigenvalue weighted by atomic mass is 10.2. The van der Waals surface area contributed by atoms with Crippen molar-refractivity contribution in [1.29, 1.82) is 0 Å². The minimum absolute atomic E-state index is 0.0898. The smallest absolute Gasteiger partial charge is 0.344 e. The van der Waals surface area contributed by atoms with Gasteiger partial charge in [0.1, 0.15) is 0 Å². The van der Waals surface area contributed by atoms with Gasteiger partial charge in [-0.3, -0.25) is 0 Å². The highest BCUT2D eigenvalue weighted by Crippen LogP contribution is 2.68. The summed E-state index contributed by atoms with van der Waals surface area (Å²) in [6.07, 6.45) is 7.90. The molecular formula is C17H25O4P. The molecule has 5 heteroatoms. The molecule has 0 saturated carbocycles. The van der Waals surface area contributed by atoms with Crippen molar-refractivity contribution >= 4 is 19.7 Å². The Balaban J connectivity index is 0.000000745. The summed E-state index contributed by atoms with van der Waals surface area (Å²) in [6.45, 7) is 1.54. The lowest BCUT2D eigenvalue weighted by Gasteiger charge is -2.35. The van der Waals surface area contributed by atoms with Gasteiger partial charge in [-0.05, 0) is 31.2 Å². The third-order valence-electron chi connectivity index (χ3n) is 4.38. The Hall–Kier alpha value is -1.41. The summed E-state index contributed by atoms with van der Waals surface area (Å²) in [4.78, 5) is 19.9. The van der Waals surface area contributed by atoms with E-state index < -0.39 is 19.7 Å². The highest BCUT2D eigenvalue weighted by atomic mass is 31.2. The van der Waals surface area contributed by atoms with Gasteiger partial charge in [0.25, 0.3) is 0 Å². The molecule has 4 nitrogen and oxygen atoms in total. The Morgan fingerprint density at radius 3 is 2.27 bits per heavy atom. The van der Waals surface area contributed by atoms with Crippen LogP contribution in [0.4, 0.5) is 0 Å². The average Bonchev–Trinajstić information content (AvgIpc) is 2.50. The number of rotatable bonds is 5. The molecular weight excluding hydrogens is 299 g/mol. The maximum absolute atomic E-state index is 11.7. The first-order chi connectivity index (χ1) is 10.6. The number of benzene rings is 1. The van der Waals surface area contributed by atoms with Crippen molar-refractivity contribution in [1.82, 2.24) is 0 Å². The van der Waals surface area contributed by atoms with Gasteiger partial charge in [-0.2, -0.15) is 0 Å². The van der Waals surface area contributed by atoms with Gasteiger partial charge in [-0.15, -0.1) is 0 Å². The van der Waals surface area contributed by atoms with E-state index in [1.165, 1.54) is 37.1 Å². The van der Waals surface area contributed by atoms with Gasteiger partial charge in [-0.1, -0.05) is 37.3 Å². The molecule has 2 rings (SSSR count). The van der Waals surface area contributed by atoms with Gasteiger partial charge in [-0.25, -0.2) is 4.79 Å². The highest BCUT2D eigenvalue weighted by molar-refractivity contribution is 7.76. The van der Waals surface area contributed by atoms with Crippen LogP contribution in [0.1, 0.15) is 38.2 Å². The zero-order valence-electron chi connectivity index (χ0n) is 13.1. The molecule has 1 saturated heterocycles.